The van der Waals surface area contributed by atoms with Crippen LogP contribution in [0.25, 0.3) is 10.9 Å². The molecule has 4 nitrogen and oxygen atoms in total. The first-order chi connectivity index (χ1) is 14.3. The summed E-state index contributed by atoms with van der Waals surface area (Å²) < 4.78 is 56.6. The quantitative estimate of drug-likeness (QED) is 0.494. The summed E-state index contributed by atoms with van der Waals surface area (Å²) in [5.41, 5.74) is -1.17. The molecule has 0 saturated heterocycles. The highest BCUT2D eigenvalue weighted by Crippen LogP contribution is 2.44. The van der Waals surface area contributed by atoms with E-state index in [9.17, 15) is 18.0 Å². The van der Waals surface area contributed by atoms with E-state index < -0.39 is 30.3 Å². The molecule has 3 aromatic rings. The number of aromatic amines is 1. The smallest absolute Gasteiger partial charge is 0.317 e. The summed E-state index contributed by atoms with van der Waals surface area (Å²) in [6, 6.07) is 8.09. The summed E-state index contributed by atoms with van der Waals surface area (Å²) in [6.07, 6.45) is -1.06. The summed E-state index contributed by atoms with van der Waals surface area (Å²) in [7, 11) is 0. The molecule has 0 amide bonds. The molecule has 1 heterocycles. The lowest BCUT2D eigenvalue weighted by Crippen LogP contribution is -2.28. The van der Waals surface area contributed by atoms with E-state index in [4.69, 9.17) is 0 Å². The fourth-order valence-corrected chi connectivity index (χ4v) is 3.14. The second kappa shape index (κ2) is 7.48. The van der Waals surface area contributed by atoms with Crippen molar-refractivity contribution in [1.29, 1.82) is 0 Å². The fourth-order valence-electron chi connectivity index (χ4n) is 3.14. The zero-order chi connectivity index (χ0) is 21.5. The van der Waals surface area contributed by atoms with Crippen LogP contribution in [-0.2, 0) is 0 Å². The monoisotopic (exact) mass is 415 g/mol. The molecule has 0 unspecified atom stereocenters. The van der Waals surface area contributed by atoms with Crippen LogP contribution in [0.1, 0.15) is 25.3 Å². The van der Waals surface area contributed by atoms with E-state index in [0.717, 1.165) is 23.8 Å². The molecule has 0 aliphatic heterocycles. The van der Waals surface area contributed by atoms with Gasteiger partial charge >= 0.3 is 5.69 Å². The highest BCUT2D eigenvalue weighted by Gasteiger charge is 2.35. The summed E-state index contributed by atoms with van der Waals surface area (Å²) >= 11 is 0. The predicted octanol–water partition coefficient (Wildman–Crippen LogP) is 4.76. The number of benzene rings is 2. The minimum absolute atomic E-state index is 0.0366. The van der Waals surface area contributed by atoms with Crippen LogP contribution in [0.5, 0.6) is 0 Å². The van der Waals surface area contributed by atoms with E-state index in [1.165, 1.54) is 30.3 Å². The SMILES string of the molecule is CC1(C#Cc2cccc(N(CC(F)F)c3nc(=O)[nH]c4cccc(F)c34)c2F)CC1. The number of hydrogen-bond donors (Lipinski definition) is 1. The first-order valence-electron chi connectivity index (χ1n) is 9.33. The number of nitrogens with one attached hydrogen (secondary N) is 1. The minimum Gasteiger partial charge on any atom is -0.317 e. The van der Waals surface area contributed by atoms with Gasteiger partial charge in [0.15, 0.2) is 11.6 Å². The molecule has 1 N–H and O–H groups in total. The van der Waals surface area contributed by atoms with Gasteiger partial charge in [-0.1, -0.05) is 24.0 Å². The minimum atomic E-state index is -2.90. The van der Waals surface area contributed by atoms with Crippen LogP contribution in [0, 0.1) is 28.9 Å². The van der Waals surface area contributed by atoms with E-state index in [0.29, 0.717) is 0 Å². The molecule has 1 aliphatic rings. The van der Waals surface area contributed by atoms with Crippen LogP contribution >= 0.6 is 0 Å². The molecule has 8 heteroatoms. The number of halogens is 4. The van der Waals surface area contributed by atoms with Crippen LogP contribution < -0.4 is 10.6 Å². The molecule has 1 aliphatic carbocycles. The number of anilines is 2. The van der Waals surface area contributed by atoms with Gasteiger partial charge in [0.25, 0.3) is 6.43 Å². The molecule has 0 spiro atoms. The molecule has 2 aromatic carbocycles. The third-order valence-electron chi connectivity index (χ3n) is 5.03. The highest BCUT2D eigenvalue weighted by atomic mass is 19.3. The Morgan fingerprint density at radius 2 is 1.93 bits per heavy atom. The largest absolute Gasteiger partial charge is 0.347 e. The van der Waals surface area contributed by atoms with Crippen LogP contribution in [0.15, 0.2) is 41.2 Å². The summed E-state index contributed by atoms with van der Waals surface area (Å²) in [4.78, 5) is 18.9. The van der Waals surface area contributed by atoms with E-state index in [-0.39, 0.29) is 33.4 Å². The molecule has 30 heavy (non-hydrogen) atoms. The van der Waals surface area contributed by atoms with E-state index in [1.54, 1.807) is 0 Å². The number of nitrogens with zero attached hydrogens (tertiary/aromatic N) is 2. The Kier molecular flexibility index (Phi) is 4.98. The summed E-state index contributed by atoms with van der Waals surface area (Å²) in [6.45, 7) is 0.978. The normalized spacial score (nSPS) is 14.5. The molecule has 0 atom stereocenters. The van der Waals surface area contributed by atoms with Crippen molar-refractivity contribution in [3.8, 4) is 11.8 Å². The third-order valence-corrected chi connectivity index (χ3v) is 5.03. The number of hydrogen-bond acceptors (Lipinski definition) is 3. The van der Waals surface area contributed by atoms with Gasteiger partial charge in [-0.25, -0.2) is 22.4 Å². The summed E-state index contributed by atoms with van der Waals surface area (Å²) in [5, 5.41) is -0.181. The Hall–Kier alpha value is -3.34. The highest BCUT2D eigenvalue weighted by molar-refractivity contribution is 5.92. The van der Waals surface area contributed by atoms with Gasteiger partial charge in [-0.3, -0.25) is 0 Å². The average molecular weight is 415 g/mol. The Morgan fingerprint density at radius 3 is 2.63 bits per heavy atom. The van der Waals surface area contributed by atoms with Crippen molar-refractivity contribution in [3.05, 3.63) is 64.1 Å². The molecule has 154 valence electrons. The van der Waals surface area contributed by atoms with Gasteiger partial charge in [0.05, 0.1) is 28.7 Å². The van der Waals surface area contributed by atoms with Gasteiger partial charge in [-0.2, -0.15) is 4.98 Å². The average Bonchev–Trinajstić information content (AvgIpc) is 3.42. The molecule has 1 aromatic heterocycles. The molecular formula is C22H17F4N3O. The van der Waals surface area contributed by atoms with Gasteiger partial charge in [0, 0.05) is 5.41 Å². The second-order valence-corrected chi connectivity index (χ2v) is 7.48. The number of H-pyrrole nitrogens is 1. The number of aromatic nitrogens is 2. The number of fused-ring (bicyclic) bond motifs is 1. The standard InChI is InChI=1S/C22H17F4N3O/c1-22(10-11-22)9-8-13-4-2-7-16(19(13)26)29(12-17(24)25)20-18-14(23)5-3-6-15(18)27-21(30)28-20/h2-7,17H,10-12H2,1H3,(H,27,28,30). The lowest BCUT2D eigenvalue weighted by molar-refractivity contribution is 0.157. The van der Waals surface area contributed by atoms with Crippen molar-refractivity contribution >= 4 is 22.4 Å². The first-order valence-corrected chi connectivity index (χ1v) is 9.33. The topological polar surface area (TPSA) is 49.0 Å². The van der Waals surface area contributed by atoms with Gasteiger partial charge < -0.3 is 9.88 Å². The molecule has 0 radical (unpaired) electrons. The van der Waals surface area contributed by atoms with Crippen molar-refractivity contribution < 1.29 is 17.6 Å². The summed E-state index contributed by atoms with van der Waals surface area (Å²) in [5.74, 6) is 3.78. The lowest BCUT2D eigenvalue weighted by atomic mass is 10.1. The molecule has 1 fully saturated rings. The van der Waals surface area contributed by atoms with Crippen molar-refractivity contribution in [1.82, 2.24) is 9.97 Å². The number of alkyl halides is 2. The Balaban J connectivity index is 1.91. The molecular weight excluding hydrogens is 398 g/mol. The third kappa shape index (κ3) is 3.88. The second-order valence-electron chi connectivity index (χ2n) is 7.48. The fraction of sp³-hybridized carbons (Fsp3) is 0.273. The van der Waals surface area contributed by atoms with Gasteiger partial charge in [-0.15, -0.1) is 0 Å². The van der Waals surface area contributed by atoms with Crippen molar-refractivity contribution in [2.75, 3.05) is 11.4 Å². The Morgan fingerprint density at radius 1 is 1.20 bits per heavy atom. The van der Waals surface area contributed by atoms with Gasteiger partial charge in [0.2, 0.25) is 0 Å². The molecule has 0 bridgehead atoms. The van der Waals surface area contributed by atoms with Gasteiger partial charge in [0.1, 0.15) is 5.82 Å². The van der Waals surface area contributed by atoms with E-state index in [2.05, 4.69) is 21.8 Å². The predicted molar refractivity (Wildman–Crippen MR) is 106 cm³/mol. The van der Waals surface area contributed by atoms with Crippen LogP contribution in [0.2, 0.25) is 0 Å². The van der Waals surface area contributed by atoms with E-state index >= 15 is 4.39 Å². The Labute approximate surface area is 169 Å². The van der Waals surface area contributed by atoms with Gasteiger partial charge in [-0.05, 0) is 44.0 Å². The maximum atomic E-state index is 15.3. The molecule has 1 saturated carbocycles. The first kappa shape index (κ1) is 20.0. The van der Waals surface area contributed by atoms with Crippen molar-refractivity contribution in [2.24, 2.45) is 5.41 Å². The maximum absolute atomic E-state index is 15.3. The zero-order valence-corrected chi connectivity index (χ0v) is 16.0. The Bertz CT molecular complexity index is 1240. The lowest BCUT2D eigenvalue weighted by Gasteiger charge is -2.25. The van der Waals surface area contributed by atoms with Crippen LogP contribution in [0.4, 0.5) is 29.1 Å². The maximum Gasteiger partial charge on any atom is 0.347 e. The van der Waals surface area contributed by atoms with Crippen molar-refractivity contribution in [2.45, 2.75) is 26.2 Å². The van der Waals surface area contributed by atoms with Crippen molar-refractivity contribution in [3.63, 3.8) is 0 Å². The zero-order valence-electron chi connectivity index (χ0n) is 16.0. The van der Waals surface area contributed by atoms with E-state index in [1.807, 2.05) is 6.92 Å². The number of rotatable bonds is 4. The molecule has 4 rings (SSSR count). The van der Waals surface area contributed by atoms with Crippen LogP contribution in [-0.4, -0.2) is 22.9 Å². The van der Waals surface area contributed by atoms with Crippen LogP contribution in [0.3, 0.4) is 0 Å².